The molecule has 4 heterocycles. The van der Waals surface area contributed by atoms with Crippen LogP contribution in [0, 0.1) is 0 Å². The predicted molar refractivity (Wildman–Crippen MR) is 143 cm³/mol. The van der Waals surface area contributed by atoms with E-state index in [1.807, 2.05) is 6.07 Å². The Bertz CT molecular complexity index is 1460. The molecule has 2 saturated heterocycles. The number of hydrogen-bond acceptors (Lipinski definition) is 7. The summed E-state index contributed by atoms with van der Waals surface area (Å²) >= 11 is 12.1. The van der Waals surface area contributed by atoms with Gasteiger partial charge in [-0.15, -0.1) is 0 Å². The van der Waals surface area contributed by atoms with Crippen LogP contribution in [0.4, 0.5) is 0 Å². The second kappa shape index (κ2) is 11.1. The normalized spacial score (nSPS) is 19.3. The van der Waals surface area contributed by atoms with E-state index in [1.165, 1.54) is 11.6 Å². The van der Waals surface area contributed by atoms with Crippen LogP contribution >= 0.6 is 23.2 Å². The SMILES string of the molecule is Cn1c(=O)c2[nH]c(CC(=O)N3CCOC(CN4CCC(Oc5ccc(Cl)c(Cl)c5)CC4)C3)nc2n(C)c1=O. The Morgan fingerprint density at radius 2 is 1.89 bits per heavy atom. The van der Waals surface area contributed by atoms with Crippen LogP contribution in [0.2, 0.25) is 10.0 Å². The van der Waals surface area contributed by atoms with Gasteiger partial charge in [0.1, 0.15) is 23.2 Å². The number of piperidine rings is 1. The Kier molecular flexibility index (Phi) is 7.80. The van der Waals surface area contributed by atoms with Gasteiger partial charge in [0.25, 0.3) is 5.56 Å². The molecule has 1 N–H and O–H groups in total. The summed E-state index contributed by atoms with van der Waals surface area (Å²) in [5.41, 5.74) is -0.476. The number of nitrogens with one attached hydrogen (secondary N) is 1. The first-order chi connectivity index (χ1) is 18.2. The highest BCUT2D eigenvalue weighted by atomic mass is 35.5. The third-order valence-electron chi connectivity index (χ3n) is 7.14. The van der Waals surface area contributed by atoms with Crippen molar-refractivity contribution in [2.45, 2.75) is 31.5 Å². The number of amides is 1. The largest absolute Gasteiger partial charge is 0.490 e. The second-order valence-electron chi connectivity index (χ2n) is 9.79. The van der Waals surface area contributed by atoms with Crippen LogP contribution in [0.25, 0.3) is 11.2 Å². The molecule has 2 aliphatic heterocycles. The number of hydrogen-bond donors (Lipinski definition) is 1. The molecule has 1 amide bonds. The molecule has 2 fully saturated rings. The lowest BCUT2D eigenvalue weighted by atomic mass is 10.1. The zero-order chi connectivity index (χ0) is 27.0. The molecule has 0 bridgehead atoms. The maximum atomic E-state index is 13.1. The molecule has 1 aromatic carbocycles. The fraction of sp³-hybridized carbons (Fsp3) is 0.520. The quantitative estimate of drug-likeness (QED) is 0.483. The number of imidazole rings is 1. The molecule has 0 saturated carbocycles. The first-order valence-electron chi connectivity index (χ1n) is 12.6. The Hall–Kier alpha value is -2.86. The van der Waals surface area contributed by atoms with Gasteiger partial charge in [-0.2, -0.15) is 0 Å². The summed E-state index contributed by atoms with van der Waals surface area (Å²) < 4.78 is 14.4. The van der Waals surface area contributed by atoms with Crippen molar-refractivity contribution in [1.29, 1.82) is 0 Å². The van der Waals surface area contributed by atoms with Crippen molar-refractivity contribution in [2.75, 3.05) is 39.3 Å². The maximum absolute atomic E-state index is 13.1. The number of aryl methyl sites for hydroxylation is 1. The number of fused-ring (bicyclic) bond motifs is 1. The van der Waals surface area contributed by atoms with Gasteiger partial charge in [-0.3, -0.25) is 18.7 Å². The molecule has 1 atom stereocenters. The molecule has 38 heavy (non-hydrogen) atoms. The standard InChI is InChI=1S/C25H30Cl2N6O5/c1-30-23-22(24(35)31(2)25(30)36)28-20(29-23)12-21(34)33-9-10-37-17(14-33)13-32-7-5-15(6-8-32)38-16-3-4-18(26)19(27)11-16/h3-4,11,15,17H,5-10,12-14H2,1-2H3,(H,28,29). The van der Waals surface area contributed by atoms with Crippen molar-refractivity contribution in [1.82, 2.24) is 28.9 Å². The molecule has 2 aliphatic rings. The molecule has 13 heteroatoms. The van der Waals surface area contributed by atoms with E-state index in [1.54, 1.807) is 24.1 Å². The van der Waals surface area contributed by atoms with Crippen LogP contribution in [-0.2, 0) is 30.0 Å². The first kappa shape index (κ1) is 26.7. The summed E-state index contributed by atoms with van der Waals surface area (Å²) in [7, 11) is 2.96. The summed E-state index contributed by atoms with van der Waals surface area (Å²) in [6, 6.07) is 5.30. The van der Waals surface area contributed by atoms with Crippen LogP contribution < -0.4 is 16.0 Å². The molecule has 0 spiro atoms. The van der Waals surface area contributed by atoms with E-state index in [-0.39, 0.29) is 35.7 Å². The van der Waals surface area contributed by atoms with Crippen molar-refractivity contribution < 1.29 is 14.3 Å². The molecular formula is C25H30Cl2N6O5. The highest BCUT2D eigenvalue weighted by Crippen LogP contribution is 2.28. The van der Waals surface area contributed by atoms with Crippen LogP contribution in [0.15, 0.2) is 27.8 Å². The zero-order valence-electron chi connectivity index (χ0n) is 21.3. The van der Waals surface area contributed by atoms with Gasteiger partial charge in [-0.1, -0.05) is 23.2 Å². The van der Waals surface area contributed by atoms with Crippen molar-refractivity contribution >= 4 is 40.3 Å². The monoisotopic (exact) mass is 564 g/mol. The number of rotatable bonds is 6. The Morgan fingerprint density at radius 3 is 2.63 bits per heavy atom. The predicted octanol–water partition coefficient (Wildman–Crippen LogP) is 1.58. The van der Waals surface area contributed by atoms with E-state index in [9.17, 15) is 14.4 Å². The third kappa shape index (κ3) is 5.61. The average Bonchev–Trinajstić information content (AvgIpc) is 3.33. The first-order valence-corrected chi connectivity index (χ1v) is 13.3. The minimum Gasteiger partial charge on any atom is -0.490 e. The molecule has 11 nitrogen and oxygen atoms in total. The lowest BCUT2D eigenvalue weighted by Crippen LogP contribution is -2.51. The van der Waals surface area contributed by atoms with Gasteiger partial charge in [0.2, 0.25) is 5.91 Å². The van der Waals surface area contributed by atoms with Gasteiger partial charge in [0, 0.05) is 52.9 Å². The van der Waals surface area contributed by atoms with Crippen LogP contribution in [0.3, 0.4) is 0 Å². The van der Waals surface area contributed by atoms with E-state index in [0.29, 0.717) is 35.6 Å². The number of carbonyl (C=O) groups excluding carboxylic acids is 1. The number of carbonyl (C=O) groups is 1. The minimum atomic E-state index is -0.466. The Morgan fingerprint density at radius 1 is 1.13 bits per heavy atom. The van der Waals surface area contributed by atoms with Crippen molar-refractivity contribution in [3.8, 4) is 5.75 Å². The molecule has 2 aromatic heterocycles. The van der Waals surface area contributed by atoms with Crippen LogP contribution in [0.1, 0.15) is 18.7 Å². The smallest absolute Gasteiger partial charge is 0.332 e. The summed E-state index contributed by atoms with van der Waals surface area (Å²) in [5.74, 6) is 0.970. The summed E-state index contributed by atoms with van der Waals surface area (Å²) in [5, 5.41) is 0.981. The number of nitrogens with zero attached hydrogens (tertiary/aromatic N) is 5. The molecule has 5 rings (SSSR count). The van der Waals surface area contributed by atoms with Gasteiger partial charge >= 0.3 is 5.69 Å². The number of likely N-dealkylation sites (tertiary alicyclic amines) is 1. The van der Waals surface area contributed by atoms with Gasteiger partial charge < -0.3 is 24.3 Å². The van der Waals surface area contributed by atoms with E-state index >= 15 is 0 Å². The zero-order valence-corrected chi connectivity index (χ0v) is 22.8. The summed E-state index contributed by atoms with van der Waals surface area (Å²) in [6.45, 7) is 3.90. The summed E-state index contributed by atoms with van der Waals surface area (Å²) in [4.78, 5) is 49.0. The summed E-state index contributed by atoms with van der Waals surface area (Å²) in [6.07, 6.45) is 1.78. The number of halogens is 2. The molecule has 0 radical (unpaired) electrons. The van der Waals surface area contributed by atoms with Gasteiger partial charge in [0.05, 0.1) is 29.2 Å². The average molecular weight is 565 g/mol. The maximum Gasteiger partial charge on any atom is 0.332 e. The van der Waals surface area contributed by atoms with Gasteiger partial charge in [-0.05, 0) is 25.0 Å². The van der Waals surface area contributed by atoms with Crippen molar-refractivity contribution in [2.24, 2.45) is 14.1 Å². The molecule has 0 aliphatic carbocycles. The second-order valence-corrected chi connectivity index (χ2v) is 10.6. The number of aromatic amines is 1. The molecule has 3 aromatic rings. The highest BCUT2D eigenvalue weighted by molar-refractivity contribution is 6.42. The van der Waals surface area contributed by atoms with E-state index < -0.39 is 11.2 Å². The van der Waals surface area contributed by atoms with Gasteiger partial charge in [0.15, 0.2) is 5.65 Å². The molecule has 1 unspecified atom stereocenters. The Balaban J connectivity index is 1.13. The Labute approximate surface area is 228 Å². The van der Waals surface area contributed by atoms with Crippen LogP contribution in [-0.4, -0.2) is 86.3 Å². The fourth-order valence-electron chi connectivity index (χ4n) is 5.01. The third-order valence-corrected chi connectivity index (χ3v) is 7.88. The minimum absolute atomic E-state index is 0.0101. The number of benzene rings is 1. The number of morpholine rings is 1. The number of ether oxygens (including phenoxy) is 2. The number of aromatic nitrogens is 4. The lowest BCUT2D eigenvalue weighted by molar-refractivity contribution is -0.139. The van der Waals surface area contributed by atoms with E-state index in [0.717, 1.165) is 42.8 Å². The van der Waals surface area contributed by atoms with Gasteiger partial charge in [-0.25, -0.2) is 9.78 Å². The van der Waals surface area contributed by atoms with Crippen LogP contribution in [0.5, 0.6) is 5.75 Å². The van der Waals surface area contributed by atoms with Crippen molar-refractivity contribution in [3.05, 3.63) is 54.9 Å². The molecular weight excluding hydrogens is 535 g/mol. The molecule has 204 valence electrons. The number of H-pyrrole nitrogens is 1. The highest BCUT2D eigenvalue weighted by Gasteiger charge is 2.29. The van der Waals surface area contributed by atoms with Crippen molar-refractivity contribution in [3.63, 3.8) is 0 Å². The van der Waals surface area contributed by atoms with E-state index in [4.69, 9.17) is 32.7 Å². The lowest BCUT2D eigenvalue weighted by Gasteiger charge is -2.38. The fourth-order valence-corrected chi connectivity index (χ4v) is 5.30. The van der Waals surface area contributed by atoms with E-state index in [2.05, 4.69) is 14.9 Å². The topological polar surface area (TPSA) is 115 Å².